The van der Waals surface area contributed by atoms with Crippen LogP contribution in [0.15, 0.2) is 102 Å². The Labute approximate surface area is 282 Å². The highest BCUT2D eigenvalue weighted by molar-refractivity contribution is 7.92. The predicted molar refractivity (Wildman–Crippen MR) is 184 cm³/mol. The van der Waals surface area contributed by atoms with E-state index in [0.717, 1.165) is 15.4 Å². The van der Waals surface area contributed by atoms with Gasteiger partial charge in [0.15, 0.2) is 0 Å². The molecule has 0 saturated carbocycles. The number of ether oxygens (including phenoxy) is 2. The maximum absolute atomic E-state index is 15.1. The van der Waals surface area contributed by atoms with Gasteiger partial charge in [0, 0.05) is 31.1 Å². The zero-order valence-corrected chi connectivity index (χ0v) is 28.7. The number of rotatable bonds is 15. The average molecular weight is 676 g/mol. The third kappa shape index (κ3) is 8.92. The maximum atomic E-state index is 15.1. The lowest BCUT2D eigenvalue weighted by molar-refractivity contribution is -0.140. The summed E-state index contributed by atoms with van der Waals surface area (Å²) >= 11 is 0. The Morgan fingerprint density at radius 2 is 1.54 bits per heavy atom. The Bertz CT molecular complexity index is 1800. The first-order chi connectivity index (χ1) is 22.9. The number of nitrogens with zero attached hydrogens (tertiary/aromatic N) is 2. The summed E-state index contributed by atoms with van der Waals surface area (Å²) in [6.07, 6.45) is 0.109. The zero-order chi connectivity index (χ0) is 34.8. The molecule has 11 heteroatoms. The molecule has 0 saturated heterocycles. The van der Waals surface area contributed by atoms with Crippen molar-refractivity contribution in [3.05, 3.63) is 120 Å². The summed E-state index contributed by atoms with van der Waals surface area (Å²) in [6, 6.07) is 24.9. The molecule has 1 N–H and O–H groups in total. The molecular formula is C37H42FN3O6S. The molecule has 1 atom stereocenters. The molecule has 9 nitrogen and oxygen atoms in total. The van der Waals surface area contributed by atoms with E-state index >= 15 is 4.39 Å². The average Bonchev–Trinajstić information content (AvgIpc) is 3.08. The summed E-state index contributed by atoms with van der Waals surface area (Å²) in [5.74, 6) is -1.09. The maximum Gasteiger partial charge on any atom is 0.264 e. The topological polar surface area (TPSA) is 105 Å². The molecule has 1 unspecified atom stereocenters. The van der Waals surface area contributed by atoms with Crippen molar-refractivity contribution in [3.63, 3.8) is 0 Å². The minimum Gasteiger partial charge on any atom is -0.497 e. The number of amides is 2. The Hall–Kier alpha value is -4.90. The van der Waals surface area contributed by atoms with Crippen molar-refractivity contribution in [2.75, 3.05) is 31.6 Å². The number of halogens is 1. The molecule has 0 heterocycles. The molecule has 2 amide bonds. The molecule has 254 valence electrons. The van der Waals surface area contributed by atoms with Gasteiger partial charge in [0.2, 0.25) is 11.8 Å². The van der Waals surface area contributed by atoms with Crippen LogP contribution in [0.4, 0.5) is 10.1 Å². The van der Waals surface area contributed by atoms with Gasteiger partial charge in [-0.05, 0) is 48.7 Å². The summed E-state index contributed by atoms with van der Waals surface area (Å²) in [4.78, 5) is 29.7. The normalized spacial score (nSPS) is 11.9. The van der Waals surface area contributed by atoms with Crippen LogP contribution in [0, 0.1) is 18.7 Å². The van der Waals surface area contributed by atoms with Gasteiger partial charge in [-0.25, -0.2) is 12.8 Å². The Morgan fingerprint density at radius 3 is 2.17 bits per heavy atom. The van der Waals surface area contributed by atoms with Gasteiger partial charge in [-0.1, -0.05) is 80.1 Å². The highest BCUT2D eigenvalue weighted by Gasteiger charge is 2.36. The van der Waals surface area contributed by atoms with Crippen LogP contribution in [-0.2, 0) is 32.6 Å². The molecule has 0 bridgehead atoms. The molecule has 4 aromatic carbocycles. The molecule has 0 aliphatic heterocycles. The highest BCUT2D eigenvalue weighted by atomic mass is 32.2. The first-order valence-electron chi connectivity index (χ1n) is 15.6. The molecule has 0 aliphatic carbocycles. The van der Waals surface area contributed by atoms with Crippen molar-refractivity contribution >= 4 is 27.5 Å². The number of hydrogen-bond donors (Lipinski definition) is 1. The number of anilines is 1. The second-order valence-corrected chi connectivity index (χ2v) is 13.7. The van der Waals surface area contributed by atoms with Gasteiger partial charge in [0.1, 0.15) is 29.9 Å². The number of carbonyl (C=O) groups is 2. The van der Waals surface area contributed by atoms with Crippen LogP contribution >= 0.6 is 0 Å². The van der Waals surface area contributed by atoms with Crippen LogP contribution in [0.2, 0.25) is 0 Å². The number of nitrogens with one attached hydrogen (secondary N) is 1. The van der Waals surface area contributed by atoms with E-state index in [1.165, 1.54) is 55.5 Å². The van der Waals surface area contributed by atoms with Crippen molar-refractivity contribution < 1.29 is 31.9 Å². The largest absolute Gasteiger partial charge is 0.497 e. The van der Waals surface area contributed by atoms with Gasteiger partial charge in [-0.3, -0.25) is 13.9 Å². The van der Waals surface area contributed by atoms with E-state index in [-0.39, 0.29) is 40.8 Å². The van der Waals surface area contributed by atoms with Crippen molar-refractivity contribution in [3.8, 4) is 11.5 Å². The van der Waals surface area contributed by atoms with Crippen LogP contribution in [0.3, 0.4) is 0 Å². The number of hydrogen-bond acceptors (Lipinski definition) is 6. The Kier molecular flexibility index (Phi) is 12.2. The SMILES string of the molecule is COc1ccc(OC)c(N(CC(=O)N(Cc2ccccc2F)C(Cc2ccccc2)C(=O)NCC(C)C)S(=O)(=O)c2ccc(C)cc2)c1. The highest BCUT2D eigenvalue weighted by Crippen LogP contribution is 2.36. The third-order valence-electron chi connectivity index (χ3n) is 7.80. The Morgan fingerprint density at radius 1 is 0.875 bits per heavy atom. The predicted octanol–water partition coefficient (Wildman–Crippen LogP) is 5.76. The monoisotopic (exact) mass is 675 g/mol. The van der Waals surface area contributed by atoms with Gasteiger partial charge in [-0.2, -0.15) is 0 Å². The van der Waals surface area contributed by atoms with E-state index in [9.17, 15) is 18.0 Å². The lowest BCUT2D eigenvalue weighted by Gasteiger charge is -2.34. The molecule has 4 aromatic rings. The van der Waals surface area contributed by atoms with Crippen LogP contribution < -0.4 is 19.1 Å². The van der Waals surface area contributed by atoms with Crippen LogP contribution in [0.1, 0.15) is 30.5 Å². The molecule has 0 aromatic heterocycles. The van der Waals surface area contributed by atoms with Gasteiger partial charge in [0.05, 0.1) is 24.8 Å². The van der Waals surface area contributed by atoms with E-state index in [1.54, 1.807) is 30.3 Å². The zero-order valence-electron chi connectivity index (χ0n) is 27.9. The number of methoxy groups -OCH3 is 2. The van der Waals surface area contributed by atoms with E-state index in [1.807, 2.05) is 51.1 Å². The lowest BCUT2D eigenvalue weighted by atomic mass is 10.0. The second kappa shape index (κ2) is 16.3. The van der Waals surface area contributed by atoms with E-state index in [0.29, 0.717) is 12.3 Å². The van der Waals surface area contributed by atoms with E-state index in [4.69, 9.17) is 9.47 Å². The molecule has 48 heavy (non-hydrogen) atoms. The quantitative estimate of drug-likeness (QED) is 0.172. The van der Waals surface area contributed by atoms with Crippen molar-refractivity contribution in [1.29, 1.82) is 0 Å². The summed E-state index contributed by atoms with van der Waals surface area (Å²) in [7, 11) is -1.56. The molecule has 0 aliphatic rings. The standard InChI is InChI=1S/C37H42FN3O6S/c1-26(2)23-39-37(43)34(21-28-11-7-6-8-12-28)40(24-29-13-9-10-14-32(29)38)36(42)25-41(33-22-30(46-4)17-20-35(33)47-5)48(44,45)31-18-15-27(3)16-19-31/h6-20,22,26,34H,21,23-25H2,1-5H3,(H,39,43). The fraction of sp³-hybridized carbons (Fsp3) is 0.297. The molecule has 4 rings (SSSR count). The number of aryl methyl sites for hydroxylation is 1. The van der Waals surface area contributed by atoms with Crippen LogP contribution in [-0.4, -0.2) is 58.5 Å². The van der Waals surface area contributed by atoms with E-state index < -0.39 is 40.2 Å². The van der Waals surface area contributed by atoms with Crippen LogP contribution in [0.25, 0.3) is 0 Å². The van der Waals surface area contributed by atoms with Crippen LogP contribution in [0.5, 0.6) is 11.5 Å². The third-order valence-corrected chi connectivity index (χ3v) is 9.57. The first kappa shape index (κ1) is 35.9. The summed E-state index contributed by atoms with van der Waals surface area (Å²) < 4.78 is 55.8. The fourth-order valence-corrected chi connectivity index (χ4v) is 6.55. The lowest BCUT2D eigenvalue weighted by Crippen LogP contribution is -2.53. The summed E-state index contributed by atoms with van der Waals surface area (Å²) in [5, 5.41) is 2.92. The Balaban J connectivity index is 1.87. The molecule has 0 radical (unpaired) electrons. The van der Waals surface area contributed by atoms with Gasteiger partial charge in [-0.15, -0.1) is 0 Å². The van der Waals surface area contributed by atoms with Gasteiger partial charge in [0.25, 0.3) is 10.0 Å². The number of benzene rings is 4. The van der Waals surface area contributed by atoms with Gasteiger partial charge >= 0.3 is 0 Å². The number of carbonyl (C=O) groups excluding carboxylic acids is 2. The minimum atomic E-state index is -4.39. The van der Waals surface area contributed by atoms with Crippen molar-refractivity contribution in [2.45, 2.75) is 44.7 Å². The van der Waals surface area contributed by atoms with E-state index in [2.05, 4.69) is 5.32 Å². The minimum absolute atomic E-state index is 0.0538. The smallest absolute Gasteiger partial charge is 0.264 e. The summed E-state index contributed by atoms with van der Waals surface area (Å²) in [5.41, 5.74) is 1.85. The van der Waals surface area contributed by atoms with Crippen molar-refractivity contribution in [2.24, 2.45) is 5.92 Å². The fourth-order valence-electron chi connectivity index (χ4n) is 5.13. The second-order valence-electron chi connectivity index (χ2n) is 11.8. The molecule has 0 spiro atoms. The molecule has 0 fully saturated rings. The summed E-state index contributed by atoms with van der Waals surface area (Å²) in [6.45, 7) is 5.07. The molecular weight excluding hydrogens is 633 g/mol. The van der Waals surface area contributed by atoms with Gasteiger partial charge < -0.3 is 19.7 Å². The number of sulfonamides is 1. The first-order valence-corrected chi connectivity index (χ1v) is 17.0. The van der Waals surface area contributed by atoms with Crippen molar-refractivity contribution in [1.82, 2.24) is 10.2 Å².